The zero-order valence-electron chi connectivity index (χ0n) is 11.4. The van der Waals surface area contributed by atoms with Gasteiger partial charge in [-0.25, -0.2) is 4.21 Å². The molecule has 1 N–H and O–H groups in total. The number of nitrogens with one attached hydrogen (secondary N) is 1. The molecule has 0 saturated heterocycles. The quantitative estimate of drug-likeness (QED) is 0.754. The number of benzene rings is 3. The van der Waals surface area contributed by atoms with Gasteiger partial charge in [0.05, 0.1) is 4.90 Å². The van der Waals surface area contributed by atoms with Crippen molar-refractivity contribution in [3.05, 3.63) is 84.9 Å². The number of hydrogen-bond donors (Lipinski definition) is 1. The van der Waals surface area contributed by atoms with E-state index in [2.05, 4.69) is 16.9 Å². The number of anilines is 1. The molecule has 3 aromatic carbocycles. The van der Waals surface area contributed by atoms with Gasteiger partial charge in [-0.3, -0.25) is 0 Å². The lowest BCUT2D eigenvalue weighted by atomic mass is 10.1. The van der Waals surface area contributed by atoms with Crippen LogP contribution in [0.4, 0.5) is 5.69 Å². The zero-order chi connectivity index (χ0) is 14.5. The average Bonchev–Trinajstić information content (AvgIpc) is 2.57. The summed E-state index contributed by atoms with van der Waals surface area (Å²) in [5.41, 5.74) is 3.13. The molecule has 0 spiro atoms. The van der Waals surface area contributed by atoms with Crippen LogP contribution in [0, 0.1) is 0 Å². The van der Waals surface area contributed by atoms with Crippen molar-refractivity contribution < 1.29 is 4.21 Å². The minimum atomic E-state index is -1.25. The number of hydrogen-bond acceptors (Lipinski definition) is 1. The van der Waals surface area contributed by atoms with Crippen molar-refractivity contribution in [2.75, 3.05) is 4.72 Å². The number of rotatable bonds is 4. The summed E-state index contributed by atoms with van der Waals surface area (Å²) in [4.78, 5) is 0.763. The second-order valence-corrected chi connectivity index (χ2v) is 5.84. The van der Waals surface area contributed by atoms with E-state index in [-0.39, 0.29) is 0 Å². The smallest absolute Gasteiger partial charge is 0.150 e. The minimum absolute atomic E-state index is 0.763. The lowest BCUT2D eigenvalue weighted by Crippen LogP contribution is -2.04. The molecule has 0 heterocycles. The summed E-state index contributed by atoms with van der Waals surface area (Å²) in [5, 5.41) is 0. The van der Waals surface area contributed by atoms with Gasteiger partial charge >= 0.3 is 0 Å². The third-order valence-corrected chi connectivity index (χ3v) is 4.28. The fourth-order valence-corrected chi connectivity index (χ4v) is 2.93. The van der Waals surface area contributed by atoms with E-state index >= 15 is 0 Å². The van der Waals surface area contributed by atoms with Crippen molar-refractivity contribution in [3.8, 4) is 11.1 Å². The summed E-state index contributed by atoms with van der Waals surface area (Å²) < 4.78 is 15.3. The van der Waals surface area contributed by atoms with Crippen molar-refractivity contribution in [1.82, 2.24) is 0 Å². The lowest BCUT2D eigenvalue weighted by molar-refractivity contribution is 0.686. The van der Waals surface area contributed by atoms with Crippen LogP contribution in [0.5, 0.6) is 0 Å². The molecule has 104 valence electrons. The third-order valence-electron chi connectivity index (χ3n) is 3.16. The molecule has 0 amide bonds. The third kappa shape index (κ3) is 3.38. The Morgan fingerprint density at radius 3 is 1.76 bits per heavy atom. The molecule has 21 heavy (non-hydrogen) atoms. The molecule has 0 radical (unpaired) electrons. The molecule has 0 aliphatic rings. The molecule has 1 atom stereocenters. The average molecular weight is 293 g/mol. The first kappa shape index (κ1) is 13.6. The SMILES string of the molecule is O=[S@@](Nc1ccccc1)c1ccc(-c2ccccc2)cc1. The molecule has 0 aliphatic carbocycles. The van der Waals surface area contributed by atoms with Crippen LogP contribution in [-0.4, -0.2) is 4.21 Å². The summed E-state index contributed by atoms with van der Waals surface area (Å²) in [5.74, 6) is 0. The highest BCUT2D eigenvalue weighted by Crippen LogP contribution is 2.21. The van der Waals surface area contributed by atoms with Crippen LogP contribution in [0.3, 0.4) is 0 Å². The predicted molar refractivity (Wildman–Crippen MR) is 88.4 cm³/mol. The zero-order valence-corrected chi connectivity index (χ0v) is 12.2. The molecule has 3 rings (SSSR count). The van der Waals surface area contributed by atoms with Crippen molar-refractivity contribution in [2.45, 2.75) is 4.90 Å². The van der Waals surface area contributed by atoms with E-state index in [0.29, 0.717) is 0 Å². The summed E-state index contributed by atoms with van der Waals surface area (Å²) >= 11 is 0. The van der Waals surface area contributed by atoms with Crippen LogP contribution in [0.1, 0.15) is 0 Å². The molecule has 0 aromatic heterocycles. The van der Waals surface area contributed by atoms with E-state index < -0.39 is 11.0 Å². The lowest BCUT2D eigenvalue weighted by Gasteiger charge is -2.07. The first-order valence-electron chi connectivity index (χ1n) is 6.72. The van der Waals surface area contributed by atoms with Gasteiger partial charge < -0.3 is 4.72 Å². The Bertz CT molecular complexity index is 724. The standard InChI is InChI=1S/C18H15NOS/c20-21(19-17-9-5-2-6-10-17)18-13-11-16(12-14-18)15-7-3-1-4-8-15/h1-14,19H/t21-/m1/s1. The maximum Gasteiger partial charge on any atom is 0.150 e. The fraction of sp³-hybridized carbons (Fsp3) is 0. The Morgan fingerprint density at radius 1 is 0.619 bits per heavy atom. The van der Waals surface area contributed by atoms with Gasteiger partial charge in [0.1, 0.15) is 11.0 Å². The van der Waals surface area contributed by atoms with Gasteiger partial charge in [-0.1, -0.05) is 60.7 Å². The molecule has 0 aliphatic heterocycles. The summed E-state index contributed by atoms with van der Waals surface area (Å²) in [7, 11) is -1.25. The molecular weight excluding hydrogens is 278 g/mol. The van der Waals surface area contributed by atoms with E-state index in [1.807, 2.05) is 72.8 Å². The van der Waals surface area contributed by atoms with Crippen LogP contribution < -0.4 is 4.72 Å². The van der Waals surface area contributed by atoms with E-state index in [4.69, 9.17) is 0 Å². The second-order valence-electron chi connectivity index (χ2n) is 4.63. The van der Waals surface area contributed by atoms with E-state index in [0.717, 1.165) is 21.7 Å². The van der Waals surface area contributed by atoms with Gasteiger partial charge in [0.15, 0.2) is 0 Å². The first-order chi connectivity index (χ1) is 10.3. The van der Waals surface area contributed by atoms with Crippen LogP contribution in [0.2, 0.25) is 0 Å². The van der Waals surface area contributed by atoms with Gasteiger partial charge in [-0.05, 0) is 35.4 Å². The van der Waals surface area contributed by atoms with E-state index in [1.165, 1.54) is 0 Å². The maximum atomic E-state index is 12.3. The normalized spacial score (nSPS) is 11.8. The first-order valence-corrected chi connectivity index (χ1v) is 7.87. The Kier molecular flexibility index (Phi) is 4.12. The second kappa shape index (κ2) is 6.37. The van der Waals surface area contributed by atoms with Crippen molar-refractivity contribution in [2.24, 2.45) is 0 Å². The number of para-hydroxylation sites is 1. The Hall–Kier alpha value is -2.39. The molecular formula is C18H15NOS. The van der Waals surface area contributed by atoms with Gasteiger partial charge in [0.25, 0.3) is 0 Å². The molecule has 0 bridgehead atoms. The largest absolute Gasteiger partial charge is 0.301 e. The monoisotopic (exact) mass is 293 g/mol. The van der Waals surface area contributed by atoms with E-state index in [1.54, 1.807) is 0 Å². The van der Waals surface area contributed by atoms with Crippen molar-refractivity contribution >= 4 is 16.7 Å². The summed E-state index contributed by atoms with van der Waals surface area (Å²) in [6, 6.07) is 27.5. The Balaban J connectivity index is 1.77. The maximum absolute atomic E-state index is 12.3. The minimum Gasteiger partial charge on any atom is -0.301 e. The fourth-order valence-electron chi connectivity index (χ4n) is 2.07. The highest BCUT2D eigenvalue weighted by atomic mass is 32.2. The van der Waals surface area contributed by atoms with Crippen molar-refractivity contribution in [1.29, 1.82) is 0 Å². The summed E-state index contributed by atoms with van der Waals surface area (Å²) in [6.07, 6.45) is 0. The molecule has 0 unspecified atom stereocenters. The highest BCUT2D eigenvalue weighted by Gasteiger charge is 2.04. The highest BCUT2D eigenvalue weighted by molar-refractivity contribution is 7.86. The molecule has 2 nitrogen and oxygen atoms in total. The Labute approximate surface area is 127 Å². The van der Waals surface area contributed by atoms with E-state index in [9.17, 15) is 4.21 Å². The Morgan fingerprint density at radius 2 is 1.14 bits per heavy atom. The van der Waals surface area contributed by atoms with Crippen LogP contribution in [-0.2, 0) is 11.0 Å². The van der Waals surface area contributed by atoms with Gasteiger partial charge in [0, 0.05) is 5.69 Å². The predicted octanol–water partition coefficient (Wildman–Crippen LogP) is 4.49. The van der Waals surface area contributed by atoms with Crippen LogP contribution in [0.15, 0.2) is 89.8 Å². The van der Waals surface area contributed by atoms with Crippen molar-refractivity contribution in [3.63, 3.8) is 0 Å². The topological polar surface area (TPSA) is 29.1 Å². The summed E-state index contributed by atoms with van der Waals surface area (Å²) in [6.45, 7) is 0. The van der Waals surface area contributed by atoms with Crippen LogP contribution >= 0.6 is 0 Å². The molecule has 3 heteroatoms. The molecule has 0 fully saturated rings. The molecule has 3 aromatic rings. The van der Waals surface area contributed by atoms with Gasteiger partial charge in [0.2, 0.25) is 0 Å². The molecule has 0 saturated carbocycles. The van der Waals surface area contributed by atoms with Gasteiger partial charge in [-0.15, -0.1) is 0 Å². The van der Waals surface area contributed by atoms with Gasteiger partial charge in [-0.2, -0.15) is 0 Å². The van der Waals surface area contributed by atoms with Crippen LogP contribution in [0.25, 0.3) is 11.1 Å².